The zero-order valence-corrected chi connectivity index (χ0v) is 19.6. The molecule has 5 atom stereocenters. The van der Waals surface area contributed by atoms with Crippen molar-refractivity contribution >= 4 is 29.7 Å². The van der Waals surface area contributed by atoms with Gasteiger partial charge >= 0.3 is 5.97 Å². The molecular formula is C20H39N7O5. The lowest BCUT2D eigenvalue weighted by Crippen LogP contribution is -2.59. The fraction of sp³-hybridized carbons (Fsp3) is 0.750. The Morgan fingerprint density at radius 1 is 0.906 bits per heavy atom. The van der Waals surface area contributed by atoms with Crippen LogP contribution in [-0.2, 0) is 19.2 Å². The van der Waals surface area contributed by atoms with Crippen molar-refractivity contribution in [3.63, 3.8) is 0 Å². The van der Waals surface area contributed by atoms with Crippen LogP contribution in [0.25, 0.3) is 0 Å². The molecule has 0 saturated heterocycles. The van der Waals surface area contributed by atoms with Gasteiger partial charge in [0, 0.05) is 6.54 Å². The maximum atomic E-state index is 12.9. The minimum Gasteiger partial charge on any atom is -0.480 e. The Kier molecular flexibility index (Phi) is 12.9. The molecule has 184 valence electrons. The number of carbonyl (C=O) groups excluding carboxylic acids is 3. The summed E-state index contributed by atoms with van der Waals surface area (Å²) in [5.74, 6) is -3.52. The Bertz CT molecular complexity index is 677. The third kappa shape index (κ3) is 10.4. The molecule has 32 heavy (non-hydrogen) atoms. The van der Waals surface area contributed by atoms with E-state index in [9.17, 15) is 24.3 Å². The molecule has 0 aliphatic heterocycles. The number of nitrogens with two attached hydrogens (primary N) is 3. The van der Waals surface area contributed by atoms with Crippen molar-refractivity contribution in [3.8, 4) is 0 Å². The number of hydrogen-bond acceptors (Lipinski definition) is 6. The van der Waals surface area contributed by atoms with Gasteiger partial charge in [0.05, 0.1) is 6.04 Å². The van der Waals surface area contributed by atoms with Gasteiger partial charge in [0.15, 0.2) is 5.96 Å². The molecule has 12 heteroatoms. The molecule has 3 amide bonds. The highest BCUT2D eigenvalue weighted by Gasteiger charge is 2.33. The second kappa shape index (κ2) is 14.2. The smallest absolute Gasteiger partial charge is 0.326 e. The summed E-state index contributed by atoms with van der Waals surface area (Å²) in [6, 6.07) is -3.85. The number of nitrogens with zero attached hydrogens (tertiary/aromatic N) is 1. The first-order valence-electron chi connectivity index (χ1n) is 10.8. The third-order valence-corrected chi connectivity index (χ3v) is 5.01. The number of carboxylic acid groups (broad SMARTS) is 1. The van der Waals surface area contributed by atoms with E-state index in [1.807, 2.05) is 6.92 Å². The molecule has 12 nitrogen and oxygen atoms in total. The maximum absolute atomic E-state index is 12.9. The fourth-order valence-electron chi connectivity index (χ4n) is 2.79. The summed E-state index contributed by atoms with van der Waals surface area (Å²) in [6.45, 7) is 8.84. The number of rotatable bonds is 14. The van der Waals surface area contributed by atoms with E-state index in [-0.39, 0.29) is 30.8 Å². The molecule has 0 bridgehead atoms. The lowest BCUT2D eigenvalue weighted by atomic mass is 9.96. The lowest BCUT2D eigenvalue weighted by Gasteiger charge is -2.29. The van der Waals surface area contributed by atoms with E-state index in [4.69, 9.17) is 17.2 Å². The van der Waals surface area contributed by atoms with Gasteiger partial charge in [-0.15, -0.1) is 0 Å². The van der Waals surface area contributed by atoms with Gasteiger partial charge in [-0.3, -0.25) is 19.4 Å². The molecule has 10 N–H and O–H groups in total. The van der Waals surface area contributed by atoms with Crippen molar-refractivity contribution in [1.29, 1.82) is 0 Å². The van der Waals surface area contributed by atoms with Crippen LogP contribution in [0.4, 0.5) is 0 Å². The van der Waals surface area contributed by atoms with E-state index in [1.54, 1.807) is 20.8 Å². The average molecular weight is 458 g/mol. The van der Waals surface area contributed by atoms with Crippen LogP contribution >= 0.6 is 0 Å². The number of guanidine groups is 1. The van der Waals surface area contributed by atoms with E-state index < -0.39 is 47.9 Å². The van der Waals surface area contributed by atoms with Crippen LogP contribution in [0, 0.1) is 11.8 Å². The van der Waals surface area contributed by atoms with Crippen LogP contribution in [0.15, 0.2) is 4.99 Å². The predicted molar refractivity (Wildman–Crippen MR) is 121 cm³/mol. The topological polar surface area (TPSA) is 215 Å². The summed E-state index contributed by atoms with van der Waals surface area (Å²) < 4.78 is 0. The number of aliphatic imine (C=N–C) groups is 1. The van der Waals surface area contributed by atoms with Crippen molar-refractivity contribution in [2.45, 2.75) is 78.0 Å². The van der Waals surface area contributed by atoms with Gasteiger partial charge in [-0.2, -0.15) is 0 Å². The van der Waals surface area contributed by atoms with Crippen LogP contribution in [0.1, 0.15) is 53.9 Å². The molecule has 0 aromatic rings. The molecule has 0 aromatic carbocycles. The first-order valence-corrected chi connectivity index (χ1v) is 10.8. The van der Waals surface area contributed by atoms with E-state index in [0.717, 1.165) is 0 Å². The van der Waals surface area contributed by atoms with Crippen molar-refractivity contribution < 1.29 is 24.3 Å². The largest absolute Gasteiger partial charge is 0.480 e. The van der Waals surface area contributed by atoms with Crippen LogP contribution in [0.2, 0.25) is 0 Å². The Morgan fingerprint density at radius 2 is 1.44 bits per heavy atom. The SMILES string of the molecule is CCC(C)C(NC(=O)C(C)N)C(=O)NC(C(=O)NC(CCCN=C(N)N)C(=O)O)C(C)C. The molecule has 0 heterocycles. The van der Waals surface area contributed by atoms with Crippen LogP contribution in [0.3, 0.4) is 0 Å². The van der Waals surface area contributed by atoms with Crippen molar-refractivity contribution in [2.75, 3.05) is 6.54 Å². The summed E-state index contributed by atoms with van der Waals surface area (Å²) >= 11 is 0. The summed E-state index contributed by atoms with van der Waals surface area (Å²) in [6.07, 6.45) is 1.05. The van der Waals surface area contributed by atoms with Gasteiger partial charge < -0.3 is 38.3 Å². The second-order valence-corrected chi connectivity index (χ2v) is 8.24. The second-order valence-electron chi connectivity index (χ2n) is 8.24. The highest BCUT2D eigenvalue weighted by Crippen LogP contribution is 2.11. The Hall–Kier alpha value is -2.89. The molecular weight excluding hydrogens is 418 g/mol. The maximum Gasteiger partial charge on any atom is 0.326 e. The predicted octanol–water partition coefficient (Wildman–Crippen LogP) is -1.37. The average Bonchev–Trinajstić information content (AvgIpc) is 2.70. The van der Waals surface area contributed by atoms with Crippen LogP contribution in [0.5, 0.6) is 0 Å². The summed E-state index contributed by atoms with van der Waals surface area (Å²) in [5.41, 5.74) is 16.1. The number of aliphatic carboxylic acids is 1. The standard InChI is InChI=1S/C20H39N7O5/c1-6-11(4)15(27-16(28)12(5)21)18(30)26-14(10(2)3)17(29)25-13(19(31)32)8-7-9-24-20(22)23/h10-15H,6-9,21H2,1-5H3,(H,25,29)(H,26,30)(H,27,28)(H,31,32)(H4,22,23,24). The van der Waals surface area contributed by atoms with E-state index in [1.165, 1.54) is 6.92 Å². The van der Waals surface area contributed by atoms with Crippen LogP contribution < -0.4 is 33.2 Å². The minimum atomic E-state index is -1.21. The Balaban J connectivity index is 5.33. The lowest BCUT2D eigenvalue weighted by molar-refractivity contribution is -0.143. The zero-order chi connectivity index (χ0) is 25.0. The van der Waals surface area contributed by atoms with Gasteiger partial charge in [-0.05, 0) is 31.6 Å². The molecule has 0 spiro atoms. The molecule has 0 fully saturated rings. The van der Waals surface area contributed by atoms with Crippen molar-refractivity contribution in [2.24, 2.45) is 34.0 Å². The van der Waals surface area contributed by atoms with Gasteiger partial charge in [0.2, 0.25) is 17.7 Å². The van der Waals surface area contributed by atoms with E-state index >= 15 is 0 Å². The number of amides is 3. The van der Waals surface area contributed by atoms with Gasteiger partial charge in [0.1, 0.15) is 18.1 Å². The molecule has 0 aromatic heterocycles. The third-order valence-electron chi connectivity index (χ3n) is 5.01. The quantitative estimate of drug-likeness (QED) is 0.0935. The summed E-state index contributed by atoms with van der Waals surface area (Å²) in [4.78, 5) is 53.1. The normalized spacial score (nSPS) is 15.6. The monoisotopic (exact) mass is 457 g/mol. The van der Waals surface area contributed by atoms with Crippen molar-refractivity contribution in [3.05, 3.63) is 0 Å². The number of carboxylic acids is 1. The fourth-order valence-corrected chi connectivity index (χ4v) is 2.79. The van der Waals surface area contributed by atoms with Crippen molar-refractivity contribution in [1.82, 2.24) is 16.0 Å². The molecule has 0 aliphatic carbocycles. The highest BCUT2D eigenvalue weighted by molar-refractivity contribution is 5.94. The Labute approximate surface area is 189 Å². The molecule has 0 rings (SSSR count). The zero-order valence-electron chi connectivity index (χ0n) is 19.6. The number of carbonyl (C=O) groups is 4. The summed E-state index contributed by atoms with van der Waals surface area (Å²) in [5, 5.41) is 17.2. The molecule has 5 unspecified atom stereocenters. The molecule has 0 saturated carbocycles. The van der Waals surface area contributed by atoms with Gasteiger partial charge in [-0.1, -0.05) is 34.1 Å². The highest BCUT2D eigenvalue weighted by atomic mass is 16.4. The molecule has 0 radical (unpaired) electrons. The number of nitrogens with one attached hydrogen (secondary N) is 3. The van der Waals surface area contributed by atoms with E-state index in [2.05, 4.69) is 20.9 Å². The first-order chi connectivity index (χ1) is 14.8. The van der Waals surface area contributed by atoms with Crippen LogP contribution in [-0.4, -0.2) is 65.5 Å². The minimum absolute atomic E-state index is 0.101. The number of hydrogen-bond donors (Lipinski definition) is 7. The first kappa shape index (κ1) is 29.1. The molecule has 0 aliphatic rings. The summed E-state index contributed by atoms with van der Waals surface area (Å²) in [7, 11) is 0. The Morgan fingerprint density at radius 3 is 1.88 bits per heavy atom. The van der Waals surface area contributed by atoms with Gasteiger partial charge in [0.25, 0.3) is 0 Å². The van der Waals surface area contributed by atoms with E-state index in [0.29, 0.717) is 12.8 Å². The van der Waals surface area contributed by atoms with Gasteiger partial charge in [-0.25, -0.2) is 4.79 Å².